The minimum atomic E-state index is -5.12. The topological polar surface area (TPSA) is 62.2 Å². The van der Waals surface area contributed by atoms with Gasteiger partial charge in [-0.2, -0.15) is 13.2 Å². The van der Waals surface area contributed by atoms with Crippen molar-refractivity contribution in [2.45, 2.75) is 43.8 Å². The maximum atomic E-state index is 14.4. The number of aromatic nitrogens is 1. The van der Waals surface area contributed by atoms with Crippen LogP contribution in [0, 0.1) is 11.6 Å². The fourth-order valence-corrected chi connectivity index (χ4v) is 3.31. The number of rotatable bonds is 5. The molecule has 0 saturated carbocycles. The van der Waals surface area contributed by atoms with E-state index in [1.54, 1.807) is 0 Å². The highest BCUT2D eigenvalue weighted by atomic mass is 32.2. The predicted molar refractivity (Wildman–Crippen MR) is 94.4 cm³/mol. The maximum Gasteiger partial charge on any atom is 0.417 e. The van der Waals surface area contributed by atoms with Crippen molar-refractivity contribution in [1.29, 1.82) is 0 Å². The van der Waals surface area contributed by atoms with Gasteiger partial charge in [-0.15, -0.1) is 0 Å². The molecular weight excluding hydrogens is 403 g/mol. The summed E-state index contributed by atoms with van der Waals surface area (Å²) < 4.78 is 84.0. The summed E-state index contributed by atoms with van der Waals surface area (Å²) in [4.78, 5) is 3.76. The van der Waals surface area contributed by atoms with E-state index in [9.17, 15) is 26.2 Å². The first-order chi connectivity index (χ1) is 12.8. The van der Waals surface area contributed by atoms with E-state index in [1.165, 1.54) is 26.8 Å². The van der Waals surface area contributed by atoms with Crippen molar-refractivity contribution in [2.75, 3.05) is 0 Å². The number of pyridine rings is 1. The first-order valence-electron chi connectivity index (χ1n) is 8.11. The van der Waals surface area contributed by atoms with Crippen LogP contribution in [0.15, 0.2) is 36.5 Å². The summed E-state index contributed by atoms with van der Waals surface area (Å²) in [5.74, 6) is -2.80. The lowest BCUT2D eigenvalue weighted by molar-refractivity contribution is -0.182. The quantitative estimate of drug-likeness (QED) is 0.723. The zero-order valence-corrected chi connectivity index (χ0v) is 16.1. The maximum absolute atomic E-state index is 14.4. The van der Waals surface area contributed by atoms with Gasteiger partial charge in [0.15, 0.2) is 17.2 Å². The first-order valence-corrected chi connectivity index (χ1v) is 9.26. The average Bonchev–Trinajstić information content (AvgIpc) is 2.60. The first kappa shape index (κ1) is 22.4. The van der Waals surface area contributed by atoms with E-state index in [1.807, 2.05) is 0 Å². The molecule has 1 aromatic heterocycles. The molecule has 10 heteroatoms. The number of nitrogens with zero attached hydrogens (tertiary/aromatic N) is 1. The molecule has 1 aromatic carbocycles. The van der Waals surface area contributed by atoms with Crippen molar-refractivity contribution < 1.29 is 31.3 Å². The lowest BCUT2D eigenvalue weighted by atomic mass is 9.86. The van der Waals surface area contributed by atoms with Gasteiger partial charge in [0, 0.05) is 6.20 Å². The molecule has 2 rings (SSSR count). The van der Waals surface area contributed by atoms with Crippen LogP contribution in [0.4, 0.5) is 22.0 Å². The van der Waals surface area contributed by atoms with Crippen LogP contribution in [0.3, 0.4) is 0 Å². The second-order valence-corrected chi connectivity index (χ2v) is 9.04. The van der Waals surface area contributed by atoms with E-state index in [0.29, 0.717) is 12.1 Å². The molecule has 0 fully saturated rings. The summed E-state index contributed by atoms with van der Waals surface area (Å²) in [6, 6.07) is 3.93. The van der Waals surface area contributed by atoms with E-state index >= 15 is 0 Å². The van der Waals surface area contributed by atoms with E-state index in [2.05, 4.69) is 9.71 Å². The van der Waals surface area contributed by atoms with Crippen LogP contribution < -0.4 is 4.72 Å². The van der Waals surface area contributed by atoms with Crippen molar-refractivity contribution in [3.63, 3.8) is 0 Å². The number of aliphatic hydroxyl groups excluding tert-OH is 1. The normalized spacial score (nSPS) is 15.9. The minimum Gasteiger partial charge on any atom is -0.392 e. The highest BCUT2D eigenvalue weighted by Gasteiger charge is 2.60. The lowest BCUT2D eigenvalue weighted by Gasteiger charge is -2.38. The van der Waals surface area contributed by atoms with Crippen LogP contribution in [-0.4, -0.2) is 25.2 Å². The fourth-order valence-electron chi connectivity index (χ4n) is 2.39. The summed E-state index contributed by atoms with van der Waals surface area (Å²) >= 11 is 0. The van der Waals surface area contributed by atoms with Crippen LogP contribution in [0.1, 0.15) is 37.6 Å². The molecule has 2 atom stereocenters. The third-order valence-corrected chi connectivity index (χ3v) is 5.58. The molecule has 154 valence electrons. The fraction of sp³-hybridized carbons (Fsp3) is 0.389. The molecule has 0 saturated heterocycles. The van der Waals surface area contributed by atoms with Gasteiger partial charge in [-0.1, -0.05) is 12.1 Å². The van der Waals surface area contributed by atoms with Crippen LogP contribution in [0.5, 0.6) is 0 Å². The van der Waals surface area contributed by atoms with Gasteiger partial charge < -0.3 is 5.11 Å². The molecule has 2 aromatic rings. The van der Waals surface area contributed by atoms with Gasteiger partial charge in [0.05, 0.1) is 28.0 Å². The third-order valence-electron chi connectivity index (χ3n) is 3.97. The number of benzene rings is 1. The molecule has 0 spiro atoms. The second kappa shape index (κ2) is 7.84. The molecule has 1 heterocycles. The van der Waals surface area contributed by atoms with E-state index in [-0.39, 0.29) is 5.56 Å². The van der Waals surface area contributed by atoms with Crippen molar-refractivity contribution in [3.05, 3.63) is 65.0 Å². The van der Waals surface area contributed by atoms with Crippen LogP contribution in [0.2, 0.25) is 0 Å². The molecule has 0 aliphatic heterocycles. The molecule has 2 N–H and O–H groups in total. The second-order valence-electron chi connectivity index (χ2n) is 7.07. The van der Waals surface area contributed by atoms with Gasteiger partial charge in [-0.3, -0.25) is 4.98 Å². The number of aliphatic hydroxyl groups is 1. The zero-order chi connectivity index (χ0) is 21.3. The van der Waals surface area contributed by atoms with Crippen molar-refractivity contribution in [2.24, 2.45) is 0 Å². The summed E-state index contributed by atoms with van der Waals surface area (Å²) in [6.45, 7) is 3.94. The SMILES string of the molecule is CC(C)(C)S(=O)N[C@](c1ccc(F)c(F)c1)(c1ccc(CO)cn1)C(F)(F)F. The largest absolute Gasteiger partial charge is 0.417 e. The predicted octanol–water partition coefficient (Wildman–Crippen LogP) is 3.71. The third kappa shape index (κ3) is 4.23. The highest BCUT2D eigenvalue weighted by Crippen LogP contribution is 2.44. The molecular formula is C18H19F5N2O2S. The standard InChI is InChI=1S/C18H19F5N2O2S/c1-16(2,3)28(27)25-17(18(21,22)23,12-5-6-13(19)14(20)8-12)15-7-4-11(10-26)9-24-15/h4-9,25-26H,10H2,1-3H3/t17-,28?/m1/s1. The van der Waals surface area contributed by atoms with Gasteiger partial charge in [0.25, 0.3) is 0 Å². The highest BCUT2D eigenvalue weighted by molar-refractivity contribution is 7.84. The molecule has 0 amide bonds. The smallest absolute Gasteiger partial charge is 0.392 e. The molecule has 0 radical (unpaired) electrons. The Morgan fingerprint density at radius 2 is 1.71 bits per heavy atom. The van der Waals surface area contributed by atoms with Crippen LogP contribution in [0.25, 0.3) is 0 Å². The Labute approximate surface area is 161 Å². The lowest BCUT2D eigenvalue weighted by Crippen LogP contribution is -2.58. The van der Waals surface area contributed by atoms with Crippen LogP contribution in [-0.2, 0) is 23.1 Å². The monoisotopic (exact) mass is 422 g/mol. The Morgan fingerprint density at radius 1 is 1.07 bits per heavy atom. The summed E-state index contributed by atoms with van der Waals surface area (Å²) in [6.07, 6.45) is -4.09. The van der Waals surface area contributed by atoms with Gasteiger partial charge in [-0.05, 0) is 50.1 Å². The van der Waals surface area contributed by atoms with Gasteiger partial charge >= 0.3 is 6.18 Å². The van der Waals surface area contributed by atoms with Gasteiger partial charge in [0.2, 0.25) is 0 Å². The number of alkyl halides is 3. The Morgan fingerprint density at radius 3 is 2.14 bits per heavy atom. The van der Waals surface area contributed by atoms with Crippen molar-refractivity contribution >= 4 is 11.0 Å². The van der Waals surface area contributed by atoms with Crippen LogP contribution >= 0.6 is 0 Å². The molecule has 0 bridgehead atoms. The number of halogens is 5. The Balaban J connectivity index is 2.82. The average molecular weight is 422 g/mol. The van der Waals surface area contributed by atoms with Gasteiger partial charge in [0.1, 0.15) is 0 Å². The molecule has 1 unspecified atom stereocenters. The number of nitrogens with one attached hydrogen (secondary N) is 1. The Hall–Kier alpha value is -1.91. The molecule has 4 nitrogen and oxygen atoms in total. The summed E-state index contributed by atoms with van der Waals surface area (Å²) in [7, 11) is -2.25. The zero-order valence-electron chi connectivity index (χ0n) is 15.3. The summed E-state index contributed by atoms with van der Waals surface area (Å²) in [5, 5.41) is 9.11. The van der Waals surface area contributed by atoms with Crippen molar-refractivity contribution in [1.82, 2.24) is 9.71 Å². The van der Waals surface area contributed by atoms with E-state index < -0.39 is 56.9 Å². The Kier molecular flexibility index (Phi) is 6.27. The number of hydrogen-bond acceptors (Lipinski definition) is 3. The number of hydrogen-bond donors (Lipinski definition) is 2. The minimum absolute atomic E-state index is 0.252. The van der Waals surface area contributed by atoms with Crippen molar-refractivity contribution in [3.8, 4) is 0 Å². The Bertz CT molecular complexity index is 866. The van der Waals surface area contributed by atoms with Gasteiger partial charge in [-0.25, -0.2) is 17.7 Å². The molecule has 0 aliphatic rings. The van der Waals surface area contributed by atoms with E-state index in [0.717, 1.165) is 18.3 Å². The molecule has 28 heavy (non-hydrogen) atoms. The van der Waals surface area contributed by atoms with E-state index in [4.69, 9.17) is 5.11 Å². The summed E-state index contributed by atoms with van der Waals surface area (Å²) in [5.41, 5.74) is -4.25. The molecule has 0 aliphatic carbocycles.